The van der Waals surface area contributed by atoms with Gasteiger partial charge in [-0.3, -0.25) is 0 Å². The van der Waals surface area contributed by atoms with Gasteiger partial charge < -0.3 is 15.2 Å². The molecule has 16 heavy (non-hydrogen) atoms. The number of pyridine rings is 1. The Morgan fingerprint density at radius 2 is 2.56 bits per heavy atom. The molecule has 1 aliphatic rings. The smallest absolute Gasteiger partial charge is 0.341 e. The van der Waals surface area contributed by atoms with Crippen molar-refractivity contribution >= 4 is 5.97 Å². The number of carboxylic acid groups (broad SMARTS) is 1. The van der Waals surface area contributed by atoms with E-state index in [2.05, 4.69) is 10.3 Å². The number of hydrogen-bond donors (Lipinski definition) is 2. The van der Waals surface area contributed by atoms with Crippen molar-refractivity contribution < 1.29 is 14.6 Å². The third kappa shape index (κ3) is 2.49. The molecule has 1 aliphatic heterocycles. The van der Waals surface area contributed by atoms with Gasteiger partial charge in [0.1, 0.15) is 12.2 Å². The summed E-state index contributed by atoms with van der Waals surface area (Å²) in [4.78, 5) is 14.8. The molecule has 0 aromatic carbocycles. The van der Waals surface area contributed by atoms with Crippen molar-refractivity contribution in [2.24, 2.45) is 0 Å². The molecule has 0 radical (unpaired) electrons. The van der Waals surface area contributed by atoms with E-state index in [-0.39, 0.29) is 11.4 Å². The quantitative estimate of drug-likeness (QED) is 0.792. The average Bonchev–Trinajstić information content (AvgIpc) is 2.79. The molecule has 0 amide bonds. The molecule has 0 spiro atoms. The molecule has 1 saturated heterocycles. The fourth-order valence-corrected chi connectivity index (χ4v) is 1.75. The summed E-state index contributed by atoms with van der Waals surface area (Å²) < 4.78 is 5.43. The molecule has 2 rings (SSSR count). The van der Waals surface area contributed by atoms with E-state index in [1.54, 1.807) is 6.07 Å². The Morgan fingerprint density at radius 1 is 1.69 bits per heavy atom. The number of nitrogens with one attached hydrogen (secondary N) is 1. The molecule has 0 saturated carbocycles. The second kappa shape index (κ2) is 4.94. The first kappa shape index (κ1) is 10.9. The molecule has 0 unspecified atom stereocenters. The summed E-state index contributed by atoms with van der Waals surface area (Å²) in [5.74, 6) is -0.814. The Hall–Kier alpha value is -1.62. The van der Waals surface area contributed by atoms with Gasteiger partial charge in [0.05, 0.1) is 0 Å². The van der Waals surface area contributed by atoms with Crippen molar-refractivity contribution in [2.45, 2.75) is 18.9 Å². The fraction of sp³-hybridized carbons (Fsp3) is 0.455. The minimum absolute atomic E-state index is 0.112. The Bertz CT molecular complexity index is 375. The van der Waals surface area contributed by atoms with Crippen LogP contribution in [0.25, 0.3) is 0 Å². The third-order valence-corrected chi connectivity index (χ3v) is 2.59. The Balaban J connectivity index is 2.00. The normalized spacial score (nSPS) is 19.6. The monoisotopic (exact) mass is 222 g/mol. The van der Waals surface area contributed by atoms with E-state index in [0.29, 0.717) is 12.6 Å². The van der Waals surface area contributed by atoms with Crippen LogP contribution in [0.1, 0.15) is 23.2 Å². The van der Waals surface area contributed by atoms with Crippen molar-refractivity contribution in [1.29, 1.82) is 0 Å². The van der Waals surface area contributed by atoms with Crippen molar-refractivity contribution in [1.82, 2.24) is 10.3 Å². The molecule has 1 fully saturated rings. The van der Waals surface area contributed by atoms with E-state index in [9.17, 15) is 4.79 Å². The molecule has 0 bridgehead atoms. The van der Waals surface area contributed by atoms with Crippen molar-refractivity contribution in [3.63, 3.8) is 0 Å². The summed E-state index contributed by atoms with van der Waals surface area (Å²) in [6.07, 6.45) is 3.74. The van der Waals surface area contributed by atoms with Gasteiger partial charge in [-0.05, 0) is 31.5 Å². The van der Waals surface area contributed by atoms with Crippen LogP contribution in [0.3, 0.4) is 0 Å². The lowest BCUT2D eigenvalue weighted by atomic mass is 10.2. The van der Waals surface area contributed by atoms with Gasteiger partial charge >= 0.3 is 5.97 Å². The lowest BCUT2D eigenvalue weighted by Crippen LogP contribution is -2.28. The lowest BCUT2D eigenvalue weighted by molar-refractivity contribution is 0.0690. The average molecular weight is 222 g/mol. The van der Waals surface area contributed by atoms with Gasteiger partial charge in [0.2, 0.25) is 5.88 Å². The number of aromatic carboxylic acids is 1. The van der Waals surface area contributed by atoms with Gasteiger partial charge in [0.25, 0.3) is 0 Å². The molecule has 2 heterocycles. The second-order valence-electron chi connectivity index (χ2n) is 3.77. The summed E-state index contributed by atoms with van der Waals surface area (Å²) in [7, 11) is 0. The number of hydrogen-bond acceptors (Lipinski definition) is 4. The van der Waals surface area contributed by atoms with Crippen LogP contribution in [-0.2, 0) is 0 Å². The van der Waals surface area contributed by atoms with E-state index in [4.69, 9.17) is 9.84 Å². The highest BCUT2D eigenvalue weighted by Gasteiger charge is 2.17. The standard InChI is InChI=1S/C11H14N2O3/c14-11(15)9-4-2-6-13-10(9)16-7-8-3-1-5-12-8/h2,4,6,8,12H,1,3,5,7H2,(H,14,15)/t8-/m1/s1. The Morgan fingerprint density at radius 3 is 3.25 bits per heavy atom. The Labute approximate surface area is 93.5 Å². The molecule has 86 valence electrons. The molecule has 5 nitrogen and oxygen atoms in total. The van der Waals surface area contributed by atoms with Gasteiger partial charge in [-0.15, -0.1) is 0 Å². The van der Waals surface area contributed by atoms with Crippen molar-refractivity contribution in [2.75, 3.05) is 13.2 Å². The molecule has 0 aliphatic carbocycles. The van der Waals surface area contributed by atoms with Gasteiger partial charge in [-0.25, -0.2) is 9.78 Å². The van der Waals surface area contributed by atoms with Crippen molar-refractivity contribution in [3.05, 3.63) is 23.9 Å². The first-order chi connectivity index (χ1) is 7.77. The van der Waals surface area contributed by atoms with E-state index in [1.807, 2.05) is 0 Å². The number of aromatic nitrogens is 1. The van der Waals surface area contributed by atoms with Crippen LogP contribution in [0.15, 0.2) is 18.3 Å². The summed E-state index contributed by atoms with van der Waals surface area (Å²) in [6, 6.07) is 3.39. The van der Waals surface area contributed by atoms with Crippen LogP contribution < -0.4 is 10.1 Å². The van der Waals surface area contributed by atoms with E-state index in [1.165, 1.54) is 12.3 Å². The maximum Gasteiger partial charge on any atom is 0.341 e. The largest absolute Gasteiger partial charge is 0.477 e. The number of rotatable bonds is 4. The number of carbonyl (C=O) groups is 1. The number of nitrogens with zero attached hydrogens (tertiary/aromatic N) is 1. The maximum atomic E-state index is 10.9. The van der Waals surface area contributed by atoms with Gasteiger partial charge in [-0.1, -0.05) is 0 Å². The Kier molecular flexibility index (Phi) is 3.36. The summed E-state index contributed by atoms with van der Waals surface area (Å²) in [6.45, 7) is 1.47. The zero-order valence-corrected chi connectivity index (χ0v) is 8.85. The maximum absolute atomic E-state index is 10.9. The van der Waals surface area contributed by atoms with Crippen LogP contribution >= 0.6 is 0 Å². The van der Waals surface area contributed by atoms with Gasteiger partial charge in [0.15, 0.2) is 0 Å². The van der Waals surface area contributed by atoms with E-state index < -0.39 is 5.97 Å². The van der Waals surface area contributed by atoms with E-state index in [0.717, 1.165) is 19.4 Å². The summed E-state index contributed by atoms with van der Waals surface area (Å²) in [5, 5.41) is 12.2. The van der Waals surface area contributed by atoms with Gasteiger partial charge in [0, 0.05) is 12.2 Å². The van der Waals surface area contributed by atoms with E-state index >= 15 is 0 Å². The van der Waals surface area contributed by atoms with Crippen molar-refractivity contribution in [3.8, 4) is 5.88 Å². The third-order valence-electron chi connectivity index (χ3n) is 2.59. The highest BCUT2D eigenvalue weighted by molar-refractivity contribution is 5.90. The SMILES string of the molecule is O=C(O)c1cccnc1OC[C@H]1CCCN1. The zero-order valence-electron chi connectivity index (χ0n) is 8.85. The highest BCUT2D eigenvalue weighted by Crippen LogP contribution is 2.15. The van der Waals surface area contributed by atoms with Crippen LogP contribution in [0.4, 0.5) is 0 Å². The highest BCUT2D eigenvalue weighted by atomic mass is 16.5. The molecule has 1 atom stereocenters. The van der Waals surface area contributed by atoms with Crippen LogP contribution in [0, 0.1) is 0 Å². The first-order valence-corrected chi connectivity index (χ1v) is 5.32. The molecule has 1 aromatic heterocycles. The topological polar surface area (TPSA) is 71.5 Å². The summed E-state index contributed by atoms with van der Waals surface area (Å²) in [5.41, 5.74) is 0.112. The first-order valence-electron chi connectivity index (χ1n) is 5.32. The van der Waals surface area contributed by atoms with Gasteiger partial charge in [-0.2, -0.15) is 0 Å². The predicted molar refractivity (Wildman–Crippen MR) is 57.7 cm³/mol. The summed E-state index contributed by atoms with van der Waals surface area (Å²) >= 11 is 0. The molecule has 1 aromatic rings. The predicted octanol–water partition coefficient (Wildman–Crippen LogP) is 0.911. The van der Waals surface area contributed by atoms with Crippen LogP contribution in [-0.4, -0.2) is 35.3 Å². The zero-order chi connectivity index (χ0) is 11.4. The number of carboxylic acids is 1. The molecule has 2 N–H and O–H groups in total. The lowest BCUT2D eigenvalue weighted by Gasteiger charge is -2.12. The second-order valence-corrected chi connectivity index (χ2v) is 3.77. The molecular formula is C11H14N2O3. The molecule has 5 heteroatoms. The van der Waals surface area contributed by atoms with Crippen LogP contribution in [0.2, 0.25) is 0 Å². The minimum atomic E-state index is -1.01. The molecular weight excluding hydrogens is 208 g/mol. The fourth-order valence-electron chi connectivity index (χ4n) is 1.75. The van der Waals surface area contributed by atoms with Crippen LogP contribution in [0.5, 0.6) is 5.88 Å². The minimum Gasteiger partial charge on any atom is -0.477 e. The number of ether oxygens (including phenoxy) is 1.